The number of aromatic hydroxyl groups is 3. The van der Waals surface area contributed by atoms with Gasteiger partial charge in [0.2, 0.25) is 17.3 Å². The summed E-state index contributed by atoms with van der Waals surface area (Å²) in [6.45, 7) is 10.3. The summed E-state index contributed by atoms with van der Waals surface area (Å²) in [6, 6.07) is 22.5. The minimum absolute atomic E-state index is 0. The van der Waals surface area contributed by atoms with E-state index >= 15 is 0 Å². The Balaban J connectivity index is 0.000000250. The number of rotatable bonds is 8. The Morgan fingerprint density at radius 2 is 0.819 bits per heavy atom. The summed E-state index contributed by atoms with van der Waals surface area (Å²) in [4.78, 5) is 120. The molecule has 0 saturated heterocycles. The maximum absolute atomic E-state index is 13.9. The number of halogens is 1. The van der Waals surface area contributed by atoms with Gasteiger partial charge in [-0.25, -0.2) is 0 Å². The molecule has 3 fully saturated rings. The van der Waals surface area contributed by atoms with Crippen LogP contribution in [0.15, 0.2) is 166 Å². The standard InChI is InChI=1S/C28H28N2O7.C21H21IN2O7.C21H22N2O7.C7H9BO2.C4H4.B4.2H2/c1-12-4-6-13(7-5-12)15-8-9-18(31)20-16(15)10-14-11-17-22(30(2)3)24(33)21(27(29)36)26(35)28(17,37)25(34)19(14)23(20)32;1-24(2)15-9-6-7-5-8-10(22)3-4-11(25)13(8)16(26)12(7)18(28)21(9,31)19(29)14(17(15)27)20(23)30;1-23(2)15-10-7-9-6-8-4-3-5-11(24)12(8)16(25)13(9)18(27)21(10,30)19(28)14(17(15)26)20(22)29;1-6-2-4-7(5-3-6)8(9)10;1-3-4-2;1-4(2)3;;/h4-9,14,17,22,31-32,35,37H,10-11H2,1-3H3,(H2,29,36);3-4,7,9,15,25-26,29,31H,5-6H2,1-2H3,(H2,23,30);3-5,9-10,15,24-25,28,30H,6-7H2,1-2H3,(H2,22,29);2-5,9-10H,1H3;1-2H2;;2*1H/p+1/t14?,17?,22-,28-;7?,9?,15-,21-;9?,10?,15-,21-;;;;;/m000...../s1/i;;;;;;2*1+1D. The summed E-state index contributed by atoms with van der Waals surface area (Å²) in [6.07, 6.45) is 0.379. The van der Waals surface area contributed by atoms with Crippen LogP contribution in [0.3, 0.4) is 0 Å². The van der Waals surface area contributed by atoms with Crippen LogP contribution in [0, 0.1) is 52.9 Å². The molecule has 14 rings (SSSR count). The van der Waals surface area contributed by atoms with E-state index in [0.717, 1.165) is 25.8 Å². The highest BCUT2D eigenvalue weighted by atomic mass is 127. The predicted octanol–water partition coefficient (Wildman–Crippen LogP) is 2.34. The van der Waals surface area contributed by atoms with Crippen LogP contribution in [-0.4, -0.2) is 252 Å². The zero-order chi connectivity index (χ0) is 90.6. The van der Waals surface area contributed by atoms with E-state index in [0.29, 0.717) is 35.0 Å². The van der Waals surface area contributed by atoms with E-state index in [-0.39, 0.29) is 77.8 Å². The van der Waals surface area contributed by atoms with Crippen LogP contribution >= 0.6 is 22.6 Å². The third-order valence-electron chi connectivity index (χ3n) is 22.5. The molecule has 6 unspecified atom stereocenters. The van der Waals surface area contributed by atoms with Crippen molar-refractivity contribution in [1.82, 2.24) is 14.7 Å². The zero-order valence-electron chi connectivity index (χ0n) is 69.3. The van der Waals surface area contributed by atoms with Crippen molar-refractivity contribution >= 4 is 134 Å². The topological polar surface area (TPSA) is 525 Å². The van der Waals surface area contributed by atoms with Gasteiger partial charge in [-0.3, -0.25) is 57.9 Å². The van der Waals surface area contributed by atoms with Gasteiger partial charge in [-0.2, -0.15) is 0 Å². The molecule has 0 heterocycles. The molecule has 9 aliphatic carbocycles. The van der Waals surface area contributed by atoms with Crippen molar-refractivity contribution in [3.63, 3.8) is 0 Å². The highest BCUT2D eigenvalue weighted by molar-refractivity contribution is 14.1. The van der Waals surface area contributed by atoms with Gasteiger partial charge < -0.3 is 88.5 Å². The number of aryl methyl sites for hydroxylation is 2. The fourth-order valence-electron chi connectivity index (χ4n) is 17.4. The monoisotopic (exact) mass is 1700 g/mol. The second-order valence-electron chi connectivity index (χ2n) is 30.2. The molecule has 116 heavy (non-hydrogen) atoms. The van der Waals surface area contributed by atoms with Crippen LogP contribution in [0.25, 0.3) is 28.4 Å². The van der Waals surface area contributed by atoms with E-state index in [1.165, 1.54) is 32.9 Å². The molecular weight excluding hydrogens is 1610 g/mol. The fraction of sp³-hybridized carbons (Fsp3) is 0.321. The van der Waals surface area contributed by atoms with Gasteiger partial charge in [0.05, 0.1) is 34.8 Å². The van der Waals surface area contributed by atoms with Crippen molar-refractivity contribution in [2.75, 3.05) is 42.3 Å². The van der Waals surface area contributed by atoms with Crippen molar-refractivity contribution in [3.05, 3.63) is 214 Å². The molecule has 6 radical (unpaired) electrons. The van der Waals surface area contributed by atoms with Crippen LogP contribution in [0.5, 0.6) is 17.2 Å². The summed E-state index contributed by atoms with van der Waals surface area (Å²) >= 11 is 2.07. The largest absolute Gasteiger partial charge is 1.00 e. The van der Waals surface area contributed by atoms with Gasteiger partial charge >= 0.3 is 8.55 Å². The third kappa shape index (κ3) is 15.4. The van der Waals surface area contributed by atoms with Crippen LogP contribution in [0.4, 0.5) is 0 Å². The molecule has 0 bridgehead atoms. The van der Waals surface area contributed by atoms with E-state index in [1.54, 1.807) is 78.7 Å². The number of ketones is 6. The lowest BCUT2D eigenvalue weighted by atomic mass is 9.08. The molecule has 20 N–H and O–H groups in total. The zero-order valence-corrected chi connectivity index (χ0v) is 66.4. The molecule has 602 valence electrons. The van der Waals surface area contributed by atoms with Crippen LogP contribution in [0.2, 0.25) is 0 Å². The van der Waals surface area contributed by atoms with E-state index in [1.807, 2.05) is 50.2 Å². The summed E-state index contributed by atoms with van der Waals surface area (Å²) in [5.74, 6) is -19.5. The number of aliphatic hydroxyl groups excluding tert-OH is 6. The Labute approximate surface area is 692 Å². The SMILES string of the molecule is C=C=C=C.CN(C)[C@@H]1C(=O)C(C(N)=O)=C(O)[C@@]2(O)C(=O)C3=C(O)c4c(O)ccc(I)c4CC3CC12.CN(C)[C@@H]1C(=O)C(C(N)=O)=C(O)[C@@]2(O)C(=O)C3=C(O)c4c(O)cccc4CC3CC12.Cc1ccc(-c2ccc(O)c3c2CC2CC4[C@H](N(C)C)C(=O)C(C(N)=O)=C(O)[C@@]4(O)C(=O)C2=C3O)cc1.Cc1ccc(B(O)O)cc1.[2H][2H].[2H][2H].[B]B([B])[B].[H+]. The predicted molar refractivity (Wildman–Crippen MR) is 443 cm³/mol. The molecule has 5 aromatic carbocycles. The number of likely N-dealkylation sites (N-methyl/N-ethyl adjacent to an activating group) is 3. The van der Waals surface area contributed by atoms with Gasteiger partial charge in [0, 0.05) is 73.6 Å². The van der Waals surface area contributed by atoms with Gasteiger partial charge in [-0.1, -0.05) is 89.3 Å². The van der Waals surface area contributed by atoms with Crippen LogP contribution < -0.4 is 22.7 Å². The molecule has 29 nitrogen and oxygen atoms in total. The summed E-state index contributed by atoms with van der Waals surface area (Å²) in [5.41, 5.74) is 16.3. The van der Waals surface area contributed by atoms with Crippen molar-refractivity contribution in [2.45, 2.75) is 87.3 Å². The minimum atomic E-state index is -2.64. The van der Waals surface area contributed by atoms with Crippen molar-refractivity contribution in [1.29, 1.82) is 0 Å². The van der Waals surface area contributed by atoms with E-state index in [2.05, 4.69) is 70.4 Å². The van der Waals surface area contributed by atoms with Crippen molar-refractivity contribution in [3.8, 4) is 28.4 Å². The second-order valence-corrected chi connectivity index (χ2v) is 31.3. The van der Waals surface area contributed by atoms with Crippen molar-refractivity contribution in [2.24, 2.45) is 52.7 Å². The van der Waals surface area contributed by atoms with Gasteiger partial charge in [-0.15, -0.1) is 0 Å². The van der Waals surface area contributed by atoms with Gasteiger partial charge in [0.25, 0.3) is 17.7 Å². The van der Waals surface area contributed by atoms with Crippen LogP contribution in [-0.2, 0) is 62.4 Å². The number of amides is 3. The first-order valence-corrected chi connectivity index (χ1v) is 37.2. The van der Waals surface area contributed by atoms with Gasteiger partial charge in [0.1, 0.15) is 68.5 Å². The number of nitrogens with zero attached hydrogens (tertiary/aromatic N) is 3. The number of benzene rings is 5. The number of hydrogen-bond donors (Lipinski definition) is 17. The normalized spacial score (nSPS) is 26.0. The van der Waals surface area contributed by atoms with E-state index < -0.39 is 188 Å². The Kier molecular flexibility index (Phi) is 25.4. The van der Waals surface area contributed by atoms with Crippen molar-refractivity contribution < 1.29 is 122 Å². The molecule has 0 aromatic heterocycles. The number of hydrogen-bond acceptors (Lipinski definition) is 26. The first kappa shape index (κ1) is 86.1. The number of primary amides is 3. The summed E-state index contributed by atoms with van der Waals surface area (Å²) in [5, 5.41) is 148. The van der Waals surface area contributed by atoms with Crippen LogP contribution in [0.1, 0.15) is 71.1 Å². The first-order chi connectivity index (χ1) is 56.2. The highest BCUT2D eigenvalue weighted by Gasteiger charge is 2.68. The minimum Gasteiger partial charge on any atom is -0.508 e. The smallest absolute Gasteiger partial charge is 0.508 e. The van der Waals surface area contributed by atoms with E-state index in [9.17, 15) is 104 Å². The molecule has 5 aromatic rings. The molecule has 3 amide bonds. The number of phenols is 3. The van der Waals surface area contributed by atoms with Gasteiger partial charge in [0.15, 0.2) is 34.2 Å². The molecule has 35 heteroatoms. The third-order valence-corrected chi connectivity index (χ3v) is 23.5. The number of aliphatic hydroxyl groups is 9. The molecular formula is C81H89B5IN6O23+. The number of fused-ring (bicyclic) bond motifs is 9. The average Bonchev–Trinajstić information content (AvgIpc) is 0.711. The number of carbonyl (C=O) groups excluding carboxylic acids is 9. The number of phenolic OH excluding ortho intramolecular Hbond substituents is 3. The Morgan fingerprint density at radius 3 is 1.16 bits per heavy atom. The molecule has 12 atom stereocenters. The molecule has 3 saturated carbocycles. The van der Waals surface area contributed by atoms with Gasteiger partial charge in [-0.05, 0) is 206 Å². The highest BCUT2D eigenvalue weighted by Crippen LogP contribution is 2.57. The fourth-order valence-corrected chi connectivity index (χ4v) is 18.0. The molecule has 0 spiro atoms. The summed E-state index contributed by atoms with van der Waals surface area (Å²) in [7, 11) is 22.0. The number of carbonyl (C=O) groups is 9. The lowest BCUT2D eigenvalue weighted by Gasteiger charge is -2.50. The Morgan fingerprint density at radius 1 is 0.500 bits per heavy atom. The quantitative estimate of drug-likeness (QED) is 0.0459. The summed E-state index contributed by atoms with van der Waals surface area (Å²) < 4.78 is 20.8. The molecule has 9 aliphatic rings. The lowest BCUT2D eigenvalue weighted by molar-refractivity contribution is -0.155. The number of Topliss-reactive ketones (excluding diaryl/α,β-unsaturated/α-hetero) is 6. The van der Waals surface area contributed by atoms with E-state index in [4.69, 9.17) is 33.2 Å². The maximum Gasteiger partial charge on any atom is 1.00 e. The Hall–Kier alpha value is -10.8. The lowest BCUT2D eigenvalue weighted by Crippen LogP contribution is -2.65. The average molecular weight is 1700 g/mol. The first-order valence-electron chi connectivity index (χ1n) is 38.1. The number of nitrogens with two attached hydrogens (primary N) is 3. The maximum atomic E-state index is 13.9. The molecule has 0 aliphatic heterocycles. The Bertz CT molecular complexity index is 5270. The second kappa shape index (κ2) is 34.2.